The maximum absolute atomic E-state index is 4.70. The summed E-state index contributed by atoms with van der Waals surface area (Å²) in [7, 11) is 0. The average molecular weight is 228 g/mol. The van der Waals surface area contributed by atoms with Crippen molar-refractivity contribution in [2.75, 3.05) is 6.54 Å². The van der Waals surface area contributed by atoms with Gasteiger partial charge in [-0.1, -0.05) is 39.5 Å². The summed E-state index contributed by atoms with van der Waals surface area (Å²) in [5, 5.41) is 5.30. The molecule has 1 saturated heterocycles. The van der Waals surface area contributed by atoms with E-state index in [1.807, 2.05) is 11.8 Å². The molecule has 2 atom stereocenters. The Hall–Kier alpha value is -0.180. The second-order valence-corrected chi connectivity index (χ2v) is 6.78. The largest absolute Gasteiger partial charge is 0.362 e. The smallest absolute Gasteiger partial charge is 0.157 e. The van der Waals surface area contributed by atoms with E-state index in [2.05, 4.69) is 39.9 Å². The second-order valence-electron chi connectivity index (χ2n) is 5.35. The third-order valence-electron chi connectivity index (χ3n) is 2.98. The predicted molar refractivity (Wildman–Crippen MR) is 70.6 cm³/mol. The zero-order chi connectivity index (χ0) is 11.5. The number of aliphatic imine (C=N–C) groups is 1. The molecule has 2 unspecified atom stereocenters. The van der Waals surface area contributed by atoms with Crippen molar-refractivity contribution >= 4 is 16.9 Å². The van der Waals surface area contributed by atoms with Crippen LogP contribution in [-0.4, -0.2) is 23.0 Å². The molecule has 1 aliphatic heterocycles. The number of nitrogens with one attached hydrogen (secondary N) is 1. The van der Waals surface area contributed by atoms with Gasteiger partial charge >= 0.3 is 0 Å². The number of hydrogen-bond donors (Lipinski definition) is 1. The summed E-state index contributed by atoms with van der Waals surface area (Å²) in [6.07, 6.45) is 2.42. The summed E-state index contributed by atoms with van der Waals surface area (Å²) >= 11 is 1.88. The summed E-state index contributed by atoms with van der Waals surface area (Å²) < 4.78 is 0. The molecule has 1 fully saturated rings. The molecule has 0 aromatic heterocycles. The molecule has 1 aliphatic rings. The van der Waals surface area contributed by atoms with Crippen molar-refractivity contribution in [3.8, 4) is 0 Å². The van der Waals surface area contributed by atoms with Crippen molar-refractivity contribution < 1.29 is 0 Å². The van der Waals surface area contributed by atoms with Crippen LogP contribution in [0, 0.1) is 5.41 Å². The Kier molecular flexibility index (Phi) is 4.50. The fourth-order valence-corrected chi connectivity index (χ4v) is 2.70. The van der Waals surface area contributed by atoms with Gasteiger partial charge in [0.15, 0.2) is 5.17 Å². The van der Waals surface area contributed by atoms with E-state index in [-0.39, 0.29) is 0 Å². The Morgan fingerprint density at radius 2 is 2.13 bits per heavy atom. The van der Waals surface area contributed by atoms with Gasteiger partial charge in [0.1, 0.15) is 0 Å². The molecule has 0 aliphatic carbocycles. The molecular formula is C12H24N2S. The highest BCUT2D eigenvalue weighted by molar-refractivity contribution is 8.14. The maximum Gasteiger partial charge on any atom is 0.157 e. The van der Waals surface area contributed by atoms with Crippen molar-refractivity contribution in [1.82, 2.24) is 5.32 Å². The molecular weight excluding hydrogens is 204 g/mol. The lowest BCUT2D eigenvalue weighted by Crippen LogP contribution is -2.38. The molecule has 0 bridgehead atoms. The topological polar surface area (TPSA) is 24.4 Å². The number of amidine groups is 1. The van der Waals surface area contributed by atoms with Gasteiger partial charge in [0, 0.05) is 17.8 Å². The van der Waals surface area contributed by atoms with Crippen LogP contribution in [0.5, 0.6) is 0 Å². The fourth-order valence-electron chi connectivity index (χ4n) is 1.52. The van der Waals surface area contributed by atoms with Gasteiger partial charge in [0.25, 0.3) is 0 Å². The van der Waals surface area contributed by atoms with Crippen LogP contribution in [0.15, 0.2) is 4.99 Å². The zero-order valence-corrected chi connectivity index (χ0v) is 11.4. The van der Waals surface area contributed by atoms with Crippen LogP contribution < -0.4 is 5.32 Å². The standard InChI is InChI=1S/C12H24N2S/c1-6-12(4,5)8-13-11-14-9(2)7-10(3)15-11/h9-10H,6-8H2,1-5H3,(H,13,14). The quantitative estimate of drug-likeness (QED) is 0.801. The lowest BCUT2D eigenvalue weighted by Gasteiger charge is -2.28. The summed E-state index contributed by atoms with van der Waals surface area (Å²) in [5.74, 6) is 0. The monoisotopic (exact) mass is 228 g/mol. The van der Waals surface area contributed by atoms with Crippen molar-refractivity contribution in [1.29, 1.82) is 0 Å². The molecule has 15 heavy (non-hydrogen) atoms. The molecule has 1 N–H and O–H groups in total. The number of hydrogen-bond acceptors (Lipinski definition) is 2. The van der Waals surface area contributed by atoms with Crippen LogP contribution in [0.3, 0.4) is 0 Å². The van der Waals surface area contributed by atoms with Crippen LogP contribution >= 0.6 is 11.8 Å². The van der Waals surface area contributed by atoms with E-state index < -0.39 is 0 Å². The first kappa shape index (κ1) is 12.9. The van der Waals surface area contributed by atoms with E-state index in [9.17, 15) is 0 Å². The average Bonchev–Trinajstić information content (AvgIpc) is 2.14. The first-order chi connectivity index (χ1) is 6.93. The lowest BCUT2D eigenvalue weighted by atomic mass is 9.91. The minimum Gasteiger partial charge on any atom is -0.362 e. The first-order valence-electron chi connectivity index (χ1n) is 5.90. The van der Waals surface area contributed by atoms with E-state index >= 15 is 0 Å². The van der Waals surface area contributed by atoms with Crippen LogP contribution in [0.1, 0.15) is 47.5 Å². The highest BCUT2D eigenvalue weighted by atomic mass is 32.2. The second kappa shape index (κ2) is 5.24. The zero-order valence-electron chi connectivity index (χ0n) is 10.6. The number of nitrogens with zero attached hydrogens (tertiary/aromatic N) is 1. The SMILES string of the molecule is CCC(C)(C)CN=C1NC(C)CC(C)S1. The Morgan fingerprint density at radius 3 is 2.67 bits per heavy atom. The van der Waals surface area contributed by atoms with Gasteiger partial charge in [0.2, 0.25) is 0 Å². The van der Waals surface area contributed by atoms with Gasteiger partial charge < -0.3 is 5.32 Å². The van der Waals surface area contributed by atoms with E-state index in [4.69, 9.17) is 4.99 Å². The lowest BCUT2D eigenvalue weighted by molar-refractivity contribution is 0.365. The van der Waals surface area contributed by atoms with Gasteiger partial charge in [-0.2, -0.15) is 0 Å². The van der Waals surface area contributed by atoms with Crippen molar-refractivity contribution in [3.63, 3.8) is 0 Å². The van der Waals surface area contributed by atoms with Gasteiger partial charge in [-0.15, -0.1) is 0 Å². The van der Waals surface area contributed by atoms with Crippen molar-refractivity contribution in [3.05, 3.63) is 0 Å². The maximum atomic E-state index is 4.70. The van der Waals surface area contributed by atoms with Gasteiger partial charge in [-0.25, -0.2) is 0 Å². The van der Waals surface area contributed by atoms with Gasteiger partial charge in [0.05, 0.1) is 0 Å². The molecule has 0 spiro atoms. The van der Waals surface area contributed by atoms with Crippen LogP contribution in [0.4, 0.5) is 0 Å². The molecule has 1 heterocycles. The van der Waals surface area contributed by atoms with Crippen molar-refractivity contribution in [2.24, 2.45) is 10.4 Å². The molecule has 0 radical (unpaired) electrons. The Morgan fingerprint density at radius 1 is 1.47 bits per heavy atom. The summed E-state index contributed by atoms with van der Waals surface area (Å²) in [6, 6.07) is 0.574. The van der Waals surface area contributed by atoms with E-state index in [0.717, 1.165) is 11.7 Å². The molecule has 0 aromatic rings. The van der Waals surface area contributed by atoms with Crippen LogP contribution in [-0.2, 0) is 0 Å². The Balaban J connectivity index is 2.52. The van der Waals surface area contributed by atoms with Crippen molar-refractivity contribution in [2.45, 2.75) is 58.8 Å². The van der Waals surface area contributed by atoms with E-state index in [0.29, 0.717) is 16.7 Å². The van der Waals surface area contributed by atoms with Crippen LogP contribution in [0.2, 0.25) is 0 Å². The highest BCUT2D eigenvalue weighted by Gasteiger charge is 2.21. The van der Waals surface area contributed by atoms with E-state index in [1.54, 1.807) is 0 Å². The highest BCUT2D eigenvalue weighted by Crippen LogP contribution is 2.24. The molecule has 1 rings (SSSR count). The molecule has 88 valence electrons. The third kappa shape index (κ3) is 4.45. The molecule has 2 nitrogen and oxygen atoms in total. The molecule has 0 amide bonds. The molecule has 0 aromatic carbocycles. The number of rotatable bonds is 3. The first-order valence-corrected chi connectivity index (χ1v) is 6.78. The summed E-state index contributed by atoms with van der Waals surface area (Å²) in [5.41, 5.74) is 0.333. The van der Waals surface area contributed by atoms with E-state index in [1.165, 1.54) is 12.8 Å². The minimum absolute atomic E-state index is 0.333. The third-order valence-corrected chi connectivity index (χ3v) is 4.04. The number of thioether (sulfide) groups is 1. The fraction of sp³-hybridized carbons (Fsp3) is 0.917. The van der Waals surface area contributed by atoms with Gasteiger partial charge in [-0.05, 0) is 25.2 Å². The predicted octanol–water partition coefficient (Wildman–Crippen LogP) is 3.28. The Bertz CT molecular complexity index is 224. The molecule has 3 heteroatoms. The summed E-state index contributed by atoms with van der Waals surface area (Å²) in [6.45, 7) is 12.2. The minimum atomic E-state index is 0.333. The summed E-state index contributed by atoms with van der Waals surface area (Å²) in [4.78, 5) is 4.70. The Labute approximate surface area is 98.3 Å². The van der Waals surface area contributed by atoms with Gasteiger partial charge in [-0.3, -0.25) is 4.99 Å². The molecule has 0 saturated carbocycles. The normalized spacial score (nSPS) is 30.3. The van der Waals surface area contributed by atoms with Crippen LogP contribution in [0.25, 0.3) is 0 Å².